The highest BCUT2D eigenvalue weighted by molar-refractivity contribution is 5.95. The molecule has 182 valence electrons. The van der Waals surface area contributed by atoms with Gasteiger partial charge in [0.05, 0.1) is 13.2 Å². The Balaban J connectivity index is 1.71. The molecule has 0 spiro atoms. The maximum Gasteiger partial charge on any atom is 0.401 e. The van der Waals surface area contributed by atoms with Crippen LogP contribution in [0.5, 0.6) is 11.6 Å². The first-order valence-corrected chi connectivity index (χ1v) is 11.9. The molecule has 9 heteroatoms. The van der Waals surface area contributed by atoms with Gasteiger partial charge in [-0.3, -0.25) is 10.5 Å². The van der Waals surface area contributed by atoms with Gasteiger partial charge in [-0.25, -0.2) is 0 Å². The summed E-state index contributed by atoms with van der Waals surface area (Å²) in [6, 6.07) is 5.49. The van der Waals surface area contributed by atoms with E-state index in [1.807, 2.05) is 19.1 Å². The van der Waals surface area contributed by atoms with Crippen molar-refractivity contribution in [1.82, 2.24) is 14.7 Å². The summed E-state index contributed by atoms with van der Waals surface area (Å²) in [6.45, 7) is 8.71. The minimum atomic E-state index is -0.179. The van der Waals surface area contributed by atoms with E-state index in [4.69, 9.17) is 20.3 Å². The Morgan fingerprint density at radius 2 is 1.91 bits per heavy atom. The smallest absolute Gasteiger partial charge is 0.401 e. The molecule has 2 aromatic heterocycles. The molecule has 34 heavy (non-hydrogen) atoms. The van der Waals surface area contributed by atoms with Crippen molar-refractivity contribution in [3.63, 3.8) is 0 Å². The standard InChI is InChI=1S/C25H33N5O4/c1-5-33-23-20-9-7-6-8-19(20)22-27-29(24(26)30(22)28-23)15-21(32)16-12-17(25(2,3)4)14-18(13-16)34-11-10-31/h12-14,26,31H,5-11,15H2,1-4H3/p+1. The number of nitrogen functional groups attached to an aromatic ring is 1. The van der Waals surface area contributed by atoms with Crippen molar-refractivity contribution in [1.29, 1.82) is 0 Å². The van der Waals surface area contributed by atoms with Gasteiger partial charge in [0.2, 0.25) is 0 Å². The van der Waals surface area contributed by atoms with Crippen LogP contribution < -0.4 is 19.9 Å². The number of carbonyl (C=O) groups excluding carboxylic acids is 1. The van der Waals surface area contributed by atoms with Crippen LogP contribution in [0.1, 0.15) is 67.6 Å². The lowest BCUT2D eigenvalue weighted by molar-refractivity contribution is -0.723. The lowest BCUT2D eigenvalue weighted by Crippen LogP contribution is -2.42. The fourth-order valence-corrected chi connectivity index (χ4v) is 4.29. The quantitative estimate of drug-likeness (QED) is 0.385. The van der Waals surface area contributed by atoms with E-state index in [2.05, 4.69) is 31.0 Å². The number of aromatic nitrogens is 4. The molecule has 1 aliphatic rings. The Labute approximate surface area is 199 Å². The Kier molecular flexibility index (Phi) is 6.74. The van der Waals surface area contributed by atoms with Gasteiger partial charge >= 0.3 is 5.95 Å². The third-order valence-electron chi connectivity index (χ3n) is 6.11. The molecule has 0 aliphatic heterocycles. The highest BCUT2D eigenvalue weighted by atomic mass is 16.5. The number of nitrogens with two attached hydrogens (primary N) is 1. The van der Waals surface area contributed by atoms with Crippen LogP contribution in [-0.2, 0) is 24.8 Å². The number of aliphatic hydroxyl groups is 1. The molecule has 0 bridgehead atoms. The molecule has 0 radical (unpaired) electrons. The van der Waals surface area contributed by atoms with Gasteiger partial charge in [0.1, 0.15) is 12.4 Å². The van der Waals surface area contributed by atoms with Crippen LogP contribution in [0.15, 0.2) is 18.2 Å². The number of anilines is 1. The van der Waals surface area contributed by atoms with Gasteiger partial charge in [-0.15, -0.1) is 4.68 Å². The maximum atomic E-state index is 13.3. The number of benzene rings is 1. The number of rotatable bonds is 8. The van der Waals surface area contributed by atoms with E-state index < -0.39 is 0 Å². The largest absolute Gasteiger partial charge is 0.491 e. The number of hydrogen-bond acceptors (Lipinski definition) is 7. The average Bonchev–Trinajstić information content (AvgIpc) is 3.12. The van der Waals surface area contributed by atoms with Crippen molar-refractivity contribution in [2.45, 2.75) is 65.3 Å². The zero-order chi connectivity index (χ0) is 24.5. The molecule has 3 N–H and O–H groups in total. The monoisotopic (exact) mass is 468 g/mol. The van der Waals surface area contributed by atoms with Gasteiger partial charge in [-0.1, -0.05) is 35.5 Å². The summed E-state index contributed by atoms with van der Waals surface area (Å²) in [6.07, 6.45) is 3.94. The second-order valence-corrected chi connectivity index (χ2v) is 9.64. The normalized spacial score (nSPS) is 13.7. The number of fused-ring (bicyclic) bond motifs is 3. The summed E-state index contributed by atoms with van der Waals surface area (Å²) in [5.74, 6) is 1.28. The lowest BCUT2D eigenvalue weighted by atomic mass is 9.85. The summed E-state index contributed by atoms with van der Waals surface area (Å²) in [5, 5.41) is 18.4. The minimum absolute atomic E-state index is 0.0268. The van der Waals surface area contributed by atoms with Crippen LogP contribution in [0.2, 0.25) is 0 Å². The molecule has 0 saturated heterocycles. The van der Waals surface area contributed by atoms with Gasteiger partial charge < -0.3 is 14.6 Å². The van der Waals surface area contributed by atoms with E-state index in [1.54, 1.807) is 10.6 Å². The first-order chi connectivity index (χ1) is 16.2. The van der Waals surface area contributed by atoms with E-state index in [9.17, 15) is 4.79 Å². The fraction of sp³-hybridized carbons (Fsp3) is 0.520. The number of carbonyl (C=O) groups is 1. The molecule has 3 aromatic rings. The third kappa shape index (κ3) is 4.70. The van der Waals surface area contributed by atoms with E-state index in [1.165, 1.54) is 4.68 Å². The maximum absolute atomic E-state index is 13.3. The van der Waals surface area contributed by atoms with Crippen molar-refractivity contribution in [2.24, 2.45) is 0 Å². The molecule has 1 aliphatic carbocycles. The molecule has 0 unspecified atom stereocenters. The molecule has 0 fully saturated rings. The van der Waals surface area contributed by atoms with Crippen molar-refractivity contribution in [3.05, 3.63) is 40.5 Å². The van der Waals surface area contributed by atoms with Crippen LogP contribution in [0.25, 0.3) is 5.65 Å². The van der Waals surface area contributed by atoms with Gasteiger partial charge in [0.25, 0.3) is 11.5 Å². The highest BCUT2D eigenvalue weighted by Gasteiger charge is 2.29. The molecular weight excluding hydrogens is 434 g/mol. The molecule has 1 aromatic carbocycles. The summed E-state index contributed by atoms with van der Waals surface area (Å²) >= 11 is 0. The van der Waals surface area contributed by atoms with Gasteiger partial charge in [-0.05, 0) is 61.8 Å². The SMILES string of the molecule is CCOc1nn2c(N)[n+](CC(=O)c3cc(OCCO)cc(C(C)(C)C)c3)nc2c2c1CCCC2. The first kappa shape index (κ1) is 23.9. The summed E-state index contributed by atoms with van der Waals surface area (Å²) in [4.78, 5) is 13.3. The Hall–Kier alpha value is -3.20. The lowest BCUT2D eigenvalue weighted by Gasteiger charge is -2.21. The second kappa shape index (κ2) is 9.58. The van der Waals surface area contributed by atoms with Crippen molar-refractivity contribution in [2.75, 3.05) is 25.6 Å². The Morgan fingerprint density at radius 1 is 1.18 bits per heavy atom. The van der Waals surface area contributed by atoms with Crippen molar-refractivity contribution < 1.29 is 24.1 Å². The van der Waals surface area contributed by atoms with Crippen LogP contribution in [0, 0.1) is 0 Å². The third-order valence-corrected chi connectivity index (χ3v) is 6.11. The van der Waals surface area contributed by atoms with Crippen LogP contribution >= 0.6 is 0 Å². The number of aryl methyl sites for hydroxylation is 1. The number of hydrogen-bond donors (Lipinski definition) is 2. The predicted octanol–water partition coefficient (Wildman–Crippen LogP) is 2.43. The summed E-state index contributed by atoms with van der Waals surface area (Å²) < 4.78 is 14.5. The molecule has 0 amide bonds. The van der Waals surface area contributed by atoms with Gasteiger partial charge in [0, 0.05) is 16.7 Å². The molecule has 9 nitrogen and oxygen atoms in total. The second-order valence-electron chi connectivity index (χ2n) is 9.64. The molecule has 2 heterocycles. The fourth-order valence-electron chi connectivity index (χ4n) is 4.29. The topological polar surface area (TPSA) is 116 Å². The van der Waals surface area contributed by atoms with Crippen LogP contribution in [0.4, 0.5) is 5.95 Å². The zero-order valence-electron chi connectivity index (χ0n) is 20.4. The first-order valence-electron chi connectivity index (χ1n) is 11.9. The summed E-state index contributed by atoms with van der Waals surface area (Å²) in [7, 11) is 0. The Morgan fingerprint density at radius 3 is 2.59 bits per heavy atom. The van der Waals surface area contributed by atoms with E-state index in [0.29, 0.717) is 29.4 Å². The number of ketones is 1. The van der Waals surface area contributed by atoms with Gasteiger partial charge in [-0.2, -0.15) is 0 Å². The molecular formula is C25H34N5O4+. The highest BCUT2D eigenvalue weighted by Crippen LogP contribution is 2.31. The van der Waals surface area contributed by atoms with Gasteiger partial charge in [0.15, 0.2) is 12.3 Å². The molecule has 0 atom stereocenters. The zero-order valence-corrected chi connectivity index (χ0v) is 20.4. The Bertz CT molecular complexity index is 1210. The number of ether oxygens (including phenoxy) is 2. The van der Waals surface area contributed by atoms with Crippen LogP contribution in [0.3, 0.4) is 0 Å². The molecule has 4 rings (SSSR count). The summed E-state index contributed by atoms with van der Waals surface area (Å²) in [5.41, 5.74) is 10.6. The predicted molar refractivity (Wildman–Crippen MR) is 127 cm³/mol. The van der Waals surface area contributed by atoms with E-state index in [-0.39, 0.29) is 36.9 Å². The van der Waals surface area contributed by atoms with Crippen molar-refractivity contribution in [3.8, 4) is 11.6 Å². The number of aliphatic hydroxyl groups excluding tert-OH is 1. The molecule has 0 saturated carbocycles. The number of Topliss-reactive ketones (excluding diaryl/α,β-unsaturated/α-hetero) is 1. The van der Waals surface area contributed by atoms with E-state index >= 15 is 0 Å². The van der Waals surface area contributed by atoms with Crippen LogP contribution in [-0.4, -0.2) is 45.4 Å². The number of nitrogens with zero attached hydrogens (tertiary/aromatic N) is 4. The van der Waals surface area contributed by atoms with E-state index in [0.717, 1.165) is 42.4 Å². The average molecular weight is 469 g/mol. The van der Waals surface area contributed by atoms with Crippen molar-refractivity contribution >= 4 is 17.4 Å². The minimum Gasteiger partial charge on any atom is -0.491 e.